The number of H-pyrrole nitrogens is 3. The van der Waals surface area contributed by atoms with E-state index in [0.29, 0.717) is 10.6 Å². The molecule has 0 spiro atoms. The number of hydrogen-bond acceptors (Lipinski definition) is 14. The van der Waals surface area contributed by atoms with Crippen LogP contribution in [-0.2, 0) is 32.3 Å². The van der Waals surface area contributed by atoms with E-state index in [1.54, 1.807) is 24.3 Å². The molecule has 2 saturated heterocycles. The van der Waals surface area contributed by atoms with Crippen LogP contribution in [0.3, 0.4) is 0 Å². The second-order valence-electron chi connectivity index (χ2n) is 10.2. The minimum Gasteiger partial charge on any atom is -0.450 e. The van der Waals surface area contributed by atoms with Gasteiger partial charge in [-0.3, -0.25) is 38.1 Å². The van der Waals surface area contributed by atoms with Gasteiger partial charge in [0.25, 0.3) is 5.56 Å². The molecule has 0 radical (unpaired) electrons. The van der Waals surface area contributed by atoms with Crippen LogP contribution in [0.4, 0.5) is 0 Å². The van der Waals surface area contributed by atoms with E-state index in [-0.39, 0.29) is 24.4 Å². The van der Waals surface area contributed by atoms with E-state index >= 15 is 0 Å². The molecular weight excluding hydrogens is 681 g/mol. The number of phosphoric acid groups is 1. The predicted octanol–water partition coefficient (Wildman–Crippen LogP) is 2.93. The maximum atomic E-state index is 13.8. The highest BCUT2D eigenvalue weighted by atomic mass is 35.5. The number of halogens is 1. The molecule has 1 aromatic carbocycles. The van der Waals surface area contributed by atoms with Crippen molar-refractivity contribution >= 4 is 31.4 Å². The molecular formula is C26H23ClN9O11P. The maximum Gasteiger partial charge on any atom is 0.475 e. The molecule has 0 saturated carbocycles. The Kier molecular flexibility index (Phi) is 9.29. The van der Waals surface area contributed by atoms with Crippen LogP contribution in [0, 0.1) is 0 Å². The molecule has 2 aliphatic heterocycles. The van der Waals surface area contributed by atoms with Gasteiger partial charge in [0.1, 0.15) is 11.4 Å². The van der Waals surface area contributed by atoms with Crippen molar-refractivity contribution in [3.05, 3.63) is 114 Å². The van der Waals surface area contributed by atoms with Gasteiger partial charge in [-0.25, -0.2) is 18.9 Å². The van der Waals surface area contributed by atoms with Gasteiger partial charge >= 0.3 is 25.5 Å². The fourth-order valence-corrected chi connectivity index (χ4v) is 6.57. The Morgan fingerprint density at radius 2 is 1.85 bits per heavy atom. The van der Waals surface area contributed by atoms with E-state index in [4.69, 9.17) is 39.4 Å². The van der Waals surface area contributed by atoms with Crippen LogP contribution in [-0.4, -0.2) is 73.0 Å². The van der Waals surface area contributed by atoms with Gasteiger partial charge in [0.2, 0.25) is 5.72 Å². The number of aromatic nitrogens is 6. The summed E-state index contributed by atoms with van der Waals surface area (Å²) in [6, 6.07) is 10.1. The largest absolute Gasteiger partial charge is 0.475 e. The molecule has 6 rings (SSSR count). The lowest BCUT2D eigenvalue weighted by Gasteiger charge is -2.33. The summed E-state index contributed by atoms with van der Waals surface area (Å²) in [6.07, 6.45) is -2.44. The molecule has 0 bridgehead atoms. The highest BCUT2D eigenvalue weighted by Gasteiger charge is 2.62. The highest BCUT2D eigenvalue weighted by Crippen LogP contribution is 2.58. The Labute approximate surface area is 272 Å². The number of azide groups is 1. The molecule has 1 unspecified atom stereocenters. The van der Waals surface area contributed by atoms with Crippen LogP contribution in [0.5, 0.6) is 0 Å². The van der Waals surface area contributed by atoms with Gasteiger partial charge in [-0.05, 0) is 35.4 Å². The van der Waals surface area contributed by atoms with Crippen LogP contribution in [0.1, 0.15) is 45.3 Å². The zero-order valence-electron chi connectivity index (χ0n) is 24.2. The number of ether oxygens (including phenoxy) is 3. The zero-order valence-corrected chi connectivity index (χ0v) is 25.9. The summed E-state index contributed by atoms with van der Waals surface area (Å²) in [7, 11) is -4.47. The first-order chi connectivity index (χ1) is 23.1. The maximum absolute atomic E-state index is 13.8. The number of carbonyl (C=O) groups is 2. The summed E-state index contributed by atoms with van der Waals surface area (Å²) in [5.41, 5.74) is 5.61. The van der Waals surface area contributed by atoms with Crippen molar-refractivity contribution in [3.63, 3.8) is 0 Å². The zero-order chi connectivity index (χ0) is 33.9. The Morgan fingerprint density at radius 3 is 2.50 bits per heavy atom. The first-order valence-electron chi connectivity index (χ1n) is 13.9. The minimum absolute atomic E-state index is 0.0815. The van der Waals surface area contributed by atoms with E-state index < -0.39 is 67.9 Å². The summed E-state index contributed by atoms with van der Waals surface area (Å²) in [6.45, 7) is -1.08. The number of nitrogens with one attached hydrogen (secondary N) is 3. The van der Waals surface area contributed by atoms with Crippen molar-refractivity contribution < 1.29 is 41.9 Å². The van der Waals surface area contributed by atoms with E-state index in [9.17, 15) is 29.3 Å². The van der Waals surface area contributed by atoms with Crippen molar-refractivity contribution in [2.24, 2.45) is 5.11 Å². The summed E-state index contributed by atoms with van der Waals surface area (Å²) < 4.78 is 48.7. The van der Waals surface area contributed by atoms with E-state index in [1.165, 1.54) is 24.5 Å². The molecule has 5 heterocycles. The van der Waals surface area contributed by atoms with E-state index in [1.807, 2.05) is 4.98 Å². The summed E-state index contributed by atoms with van der Waals surface area (Å²) in [4.78, 5) is 56.1. The standard InChI is InChI=1S/C26H23ClN9O11P/c27-15-3-1-2-14(12-15)18-7-11-42-48(41,47-18)43-13-26(34-35-28)21(45-24(39)17-5-9-30-33-17)20(44-23(38)16-4-8-29-32-16)22(46-26)36-10-6-19(37)31-25(36)40/h1-6,8-10,12,18,20-22H,7,11,13H2,(H,29,32)(H,30,33)(H,31,37,40)/t18-,20+,21-,22+,26+,48?/m0/s1. The molecule has 6 atom stereocenters. The molecule has 250 valence electrons. The van der Waals surface area contributed by atoms with Gasteiger partial charge in [0, 0.05) is 41.0 Å². The third-order valence-electron chi connectivity index (χ3n) is 7.14. The van der Waals surface area contributed by atoms with Crippen molar-refractivity contribution in [1.29, 1.82) is 0 Å². The average molecular weight is 704 g/mol. The molecule has 48 heavy (non-hydrogen) atoms. The Hall–Kier alpha value is -5.07. The quantitative estimate of drug-likeness (QED) is 0.0706. The predicted molar refractivity (Wildman–Crippen MR) is 158 cm³/mol. The lowest BCUT2D eigenvalue weighted by molar-refractivity contribution is -0.128. The third kappa shape index (κ3) is 6.80. The number of benzene rings is 1. The number of esters is 2. The van der Waals surface area contributed by atoms with E-state index in [0.717, 1.165) is 16.8 Å². The molecule has 2 aliphatic rings. The number of phosphoric ester groups is 1. The SMILES string of the molecule is [N-]=[N+]=N[C@]1(COP2(=O)OCC[C@@H](c3cccc(Cl)c3)O2)O[C@@H](n2ccc(=O)[nH]c2=O)[C@H](OC(=O)c2ccn[nH]2)[C@@H]1OC(=O)c1ccn[nH]1. The average Bonchev–Trinajstić information content (AvgIpc) is 3.84. The third-order valence-corrected chi connectivity index (χ3v) is 8.83. The summed E-state index contributed by atoms with van der Waals surface area (Å²) >= 11 is 6.11. The van der Waals surface area contributed by atoms with Gasteiger partial charge in [-0.15, -0.1) is 0 Å². The number of carbonyl (C=O) groups excluding carboxylic acids is 2. The van der Waals surface area contributed by atoms with Crippen molar-refractivity contribution in [3.8, 4) is 0 Å². The molecule has 20 nitrogen and oxygen atoms in total. The lowest BCUT2D eigenvalue weighted by Crippen LogP contribution is -2.49. The van der Waals surface area contributed by atoms with Crippen molar-refractivity contribution in [2.75, 3.05) is 13.2 Å². The van der Waals surface area contributed by atoms with Crippen LogP contribution in [0.25, 0.3) is 10.4 Å². The Bertz CT molecular complexity index is 2010. The second kappa shape index (κ2) is 13.6. The smallest absolute Gasteiger partial charge is 0.450 e. The monoisotopic (exact) mass is 703 g/mol. The molecule has 3 aromatic heterocycles. The molecule has 0 aliphatic carbocycles. The number of nitrogens with zero attached hydrogens (tertiary/aromatic N) is 6. The highest BCUT2D eigenvalue weighted by molar-refractivity contribution is 7.48. The van der Waals surface area contributed by atoms with Crippen molar-refractivity contribution in [1.82, 2.24) is 29.9 Å². The first kappa shape index (κ1) is 32.9. The number of aromatic amines is 3. The molecule has 3 N–H and O–H groups in total. The van der Waals surface area contributed by atoms with Crippen LogP contribution >= 0.6 is 19.4 Å². The summed E-state index contributed by atoms with van der Waals surface area (Å²) in [5.74, 6) is -2.14. The number of hydrogen-bond donors (Lipinski definition) is 3. The number of rotatable bonds is 10. The normalized spacial score (nSPS) is 26.8. The van der Waals surface area contributed by atoms with Gasteiger partial charge in [-0.1, -0.05) is 28.8 Å². The second-order valence-corrected chi connectivity index (χ2v) is 12.2. The van der Waals surface area contributed by atoms with Gasteiger partial charge in [0.15, 0.2) is 18.4 Å². The fraction of sp³-hybridized carbons (Fsp3) is 0.308. The van der Waals surface area contributed by atoms with Crippen LogP contribution in [0.15, 0.2) is 75.8 Å². The van der Waals surface area contributed by atoms with Crippen molar-refractivity contribution in [2.45, 2.75) is 36.7 Å². The topological polar surface area (TPSA) is 268 Å². The van der Waals surface area contributed by atoms with Gasteiger partial charge < -0.3 is 14.2 Å². The van der Waals surface area contributed by atoms with Crippen LogP contribution in [0.2, 0.25) is 5.02 Å². The van der Waals surface area contributed by atoms with E-state index in [2.05, 4.69) is 30.4 Å². The Balaban J connectivity index is 1.39. The molecule has 22 heteroatoms. The fourth-order valence-electron chi connectivity index (χ4n) is 4.96. The molecule has 4 aromatic rings. The first-order valence-corrected chi connectivity index (χ1v) is 15.7. The lowest BCUT2D eigenvalue weighted by atomic mass is 10.0. The van der Waals surface area contributed by atoms with Gasteiger partial charge in [-0.2, -0.15) is 10.2 Å². The molecule has 0 amide bonds. The Morgan fingerprint density at radius 1 is 1.12 bits per heavy atom. The summed E-state index contributed by atoms with van der Waals surface area (Å²) in [5, 5.41) is 16.3. The molecule has 2 fully saturated rings. The minimum atomic E-state index is -4.47. The van der Waals surface area contributed by atoms with Gasteiger partial charge in [0.05, 0.1) is 19.3 Å². The van der Waals surface area contributed by atoms with Crippen LogP contribution < -0.4 is 11.2 Å².